The van der Waals surface area contributed by atoms with E-state index in [1.54, 1.807) is 19.2 Å². The second-order valence-electron chi connectivity index (χ2n) is 3.49. The maximum Gasteiger partial charge on any atom is 0.140 e. The van der Waals surface area contributed by atoms with Gasteiger partial charge in [-0.1, -0.05) is 11.6 Å². The van der Waals surface area contributed by atoms with Crippen LogP contribution in [-0.2, 0) is 10.3 Å². The van der Waals surface area contributed by atoms with Crippen LogP contribution in [0.5, 0.6) is 5.75 Å². The molecule has 1 N–H and O–H groups in total. The van der Waals surface area contributed by atoms with E-state index < -0.39 is 5.60 Å². The molecule has 1 saturated heterocycles. The molecule has 82 valence electrons. The Kier molecular flexibility index (Phi) is 2.94. The second-order valence-corrected chi connectivity index (χ2v) is 4.78. The normalized spacial score (nSPS) is 18.4. The number of hydrogen-bond acceptors (Lipinski definition) is 3. The number of ether oxygens (including phenoxy) is 2. The van der Waals surface area contributed by atoms with Crippen molar-refractivity contribution in [3.05, 3.63) is 27.2 Å². The Morgan fingerprint density at radius 3 is 2.67 bits per heavy atom. The van der Waals surface area contributed by atoms with E-state index in [-0.39, 0.29) is 13.2 Å². The molecule has 0 aromatic heterocycles. The number of hydrogen-bond donors (Lipinski definition) is 1. The highest BCUT2D eigenvalue weighted by Crippen LogP contribution is 2.41. The number of rotatable bonds is 2. The Bertz CT molecular complexity index is 390. The Hall–Kier alpha value is -0.290. The van der Waals surface area contributed by atoms with Crippen LogP contribution < -0.4 is 4.74 Å². The minimum atomic E-state index is -0.973. The van der Waals surface area contributed by atoms with Gasteiger partial charge in [0.05, 0.1) is 24.8 Å². The van der Waals surface area contributed by atoms with Crippen LogP contribution in [0, 0.1) is 0 Å². The summed E-state index contributed by atoms with van der Waals surface area (Å²) in [5.41, 5.74) is -0.311. The standard InChI is InChI=1S/C10H10BrClO3/c1-14-9-7(10(13)4-15-5-10)2-6(12)3-8(9)11/h2-3,13H,4-5H2,1H3. The lowest BCUT2D eigenvalue weighted by molar-refractivity contribution is -0.185. The van der Waals surface area contributed by atoms with Crippen molar-refractivity contribution in [3.8, 4) is 5.75 Å². The summed E-state index contributed by atoms with van der Waals surface area (Å²) in [6.45, 7) is 0.548. The molecular formula is C10H10BrClO3. The summed E-state index contributed by atoms with van der Waals surface area (Å²) in [5.74, 6) is 0.602. The van der Waals surface area contributed by atoms with Crippen LogP contribution in [-0.4, -0.2) is 25.4 Å². The average Bonchev–Trinajstić information content (AvgIpc) is 2.13. The molecule has 1 fully saturated rings. The highest BCUT2D eigenvalue weighted by Gasteiger charge is 2.41. The molecule has 0 saturated carbocycles. The van der Waals surface area contributed by atoms with E-state index in [1.807, 2.05) is 0 Å². The Morgan fingerprint density at radius 2 is 2.20 bits per heavy atom. The van der Waals surface area contributed by atoms with Crippen LogP contribution in [0.3, 0.4) is 0 Å². The van der Waals surface area contributed by atoms with Crippen molar-refractivity contribution < 1.29 is 14.6 Å². The van der Waals surface area contributed by atoms with Crippen molar-refractivity contribution in [1.82, 2.24) is 0 Å². The Morgan fingerprint density at radius 1 is 1.53 bits per heavy atom. The molecule has 0 unspecified atom stereocenters. The number of methoxy groups -OCH3 is 1. The van der Waals surface area contributed by atoms with Gasteiger partial charge in [0.25, 0.3) is 0 Å². The van der Waals surface area contributed by atoms with Gasteiger partial charge in [-0.05, 0) is 28.1 Å². The summed E-state index contributed by atoms with van der Waals surface area (Å²) in [5, 5.41) is 10.7. The third-order valence-corrected chi connectivity index (χ3v) is 3.20. The van der Waals surface area contributed by atoms with Gasteiger partial charge in [-0.2, -0.15) is 0 Å². The van der Waals surface area contributed by atoms with Crippen molar-refractivity contribution >= 4 is 27.5 Å². The number of benzene rings is 1. The van der Waals surface area contributed by atoms with E-state index in [9.17, 15) is 5.11 Å². The quantitative estimate of drug-likeness (QED) is 0.909. The van der Waals surface area contributed by atoms with Gasteiger partial charge in [0, 0.05) is 10.6 Å². The molecular weight excluding hydrogens is 283 g/mol. The predicted octanol–water partition coefficient (Wildman–Crippen LogP) is 2.33. The van der Waals surface area contributed by atoms with E-state index in [0.29, 0.717) is 16.3 Å². The van der Waals surface area contributed by atoms with Gasteiger partial charge in [-0.3, -0.25) is 0 Å². The second kappa shape index (κ2) is 3.94. The van der Waals surface area contributed by atoms with E-state index in [0.717, 1.165) is 4.47 Å². The molecule has 0 spiro atoms. The van der Waals surface area contributed by atoms with Gasteiger partial charge < -0.3 is 14.6 Å². The summed E-state index contributed by atoms with van der Waals surface area (Å²) in [4.78, 5) is 0. The Labute approximate surface area is 101 Å². The first-order valence-corrected chi connectivity index (χ1v) is 5.57. The van der Waals surface area contributed by atoms with E-state index >= 15 is 0 Å². The third kappa shape index (κ3) is 1.87. The summed E-state index contributed by atoms with van der Waals surface area (Å²) in [6, 6.07) is 3.43. The molecule has 0 bridgehead atoms. The molecule has 1 aliphatic rings. The van der Waals surface area contributed by atoms with Gasteiger partial charge in [-0.15, -0.1) is 0 Å². The molecule has 0 radical (unpaired) electrons. The largest absolute Gasteiger partial charge is 0.495 e. The average molecular weight is 294 g/mol. The molecule has 1 aromatic carbocycles. The molecule has 3 nitrogen and oxygen atoms in total. The topological polar surface area (TPSA) is 38.7 Å². The van der Waals surface area contributed by atoms with Crippen molar-refractivity contribution in [3.63, 3.8) is 0 Å². The van der Waals surface area contributed by atoms with Crippen LogP contribution in [0.2, 0.25) is 5.02 Å². The van der Waals surface area contributed by atoms with E-state index in [4.69, 9.17) is 21.1 Å². The zero-order valence-corrected chi connectivity index (χ0v) is 10.4. The molecule has 0 atom stereocenters. The van der Waals surface area contributed by atoms with Crippen molar-refractivity contribution in [1.29, 1.82) is 0 Å². The summed E-state index contributed by atoms with van der Waals surface area (Å²) in [7, 11) is 1.56. The van der Waals surface area contributed by atoms with Crippen LogP contribution in [0.25, 0.3) is 0 Å². The van der Waals surface area contributed by atoms with Crippen LogP contribution in [0.1, 0.15) is 5.56 Å². The molecule has 5 heteroatoms. The summed E-state index contributed by atoms with van der Waals surface area (Å²) in [6.07, 6.45) is 0. The number of halogens is 2. The van der Waals surface area contributed by atoms with E-state index in [2.05, 4.69) is 15.9 Å². The van der Waals surface area contributed by atoms with Crippen LogP contribution in [0.4, 0.5) is 0 Å². The molecule has 2 rings (SSSR count). The first-order chi connectivity index (χ1) is 7.07. The van der Waals surface area contributed by atoms with Gasteiger partial charge in [0.15, 0.2) is 0 Å². The zero-order valence-electron chi connectivity index (χ0n) is 8.09. The number of aliphatic hydroxyl groups is 1. The lowest BCUT2D eigenvalue weighted by Gasteiger charge is -2.37. The fraction of sp³-hybridized carbons (Fsp3) is 0.400. The first-order valence-electron chi connectivity index (χ1n) is 4.40. The molecule has 1 aromatic rings. The fourth-order valence-electron chi connectivity index (χ4n) is 1.56. The van der Waals surface area contributed by atoms with Gasteiger partial charge >= 0.3 is 0 Å². The maximum atomic E-state index is 10.2. The van der Waals surface area contributed by atoms with Crippen LogP contribution in [0.15, 0.2) is 16.6 Å². The minimum absolute atomic E-state index is 0.274. The molecule has 0 amide bonds. The SMILES string of the molecule is COc1c(Br)cc(Cl)cc1C1(O)COC1. The zero-order chi connectivity index (χ0) is 11.1. The molecule has 1 heterocycles. The van der Waals surface area contributed by atoms with Crippen LogP contribution >= 0.6 is 27.5 Å². The smallest absolute Gasteiger partial charge is 0.140 e. The summed E-state index contributed by atoms with van der Waals surface area (Å²) >= 11 is 9.27. The van der Waals surface area contributed by atoms with Crippen molar-refractivity contribution in [2.75, 3.05) is 20.3 Å². The summed E-state index contributed by atoms with van der Waals surface area (Å²) < 4.78 is 11.0. The molecule has 0 aliphatic carbocycles. The van der Waals surface area contributed by atoms with Gasteiger partial charge in [0.2, 0.25) is 0 Å². The molecule has 1 aliphatic heterocycles. The van der Waals surface area contributed by atoms with Crippen molar-refractivity contribution in [2.45, 2.75) is 5.60 Å². The Balaban J connectivity index is 2.53. The predicted molar refractivity (Wildman–Crippen MR) is 60.4 cm³/mol. The first kappa shape index (κ1) is 11.2. The van der Waals surface area contributed by atoms with Gasteiger partial charge in [-0.25, -0.2) is 0 Å². The third-order valence-electron chi connectivity index (χ3n) is 2.40. The van der Waals surface area contributed by atoms with Crippen molar-refractivity contribution in [2.24, 2.45) is 0 Å². The molecule has 15 heavy (non-hydrogen) atoms. The maximum absolute atomic E-state index is 10.2. The highest BCUT2D eigenvalue weighted by molar-refractivity contribution is 9.10. The van der Waals surface area contributed by atoms with Gasteiger partial charge in [0.1, 0.15) is 11.4 Å². The highest BCUT2D eigenvalue weighted by atomic mass is 79.9. The minimum Gasteiger partial charge on any atom is -0.495 e. The fourth-order valence-corrected chi connectivity index (χ4v) is 2.54. The monoisotopic (exact) mass is 292 g/mol. The lowest BCUT2D eigenvalue weighted by Crippen LogP contribution is -2.46. The van der Waals surface area contributed by atoms with E-state index in [1.165, 1.54) is 0 Å². The lowest BCUT2D eigenvalue weighted by atomic mass is 9.91.